The second-order valence-corrected chi connectivity index (χ2v) is 34.4. The topological polar surface area (TPSA) is 191 Å². The maximum atomic E-state index is 14.0. The highest BCUT2D eigenvalue weighted by molar-refractivity contribution is 9.10. The van der Waals surface area contributed by atoms with Crippen molar-refractivity contribution in [1.29, 1.82) is 0 Å². The number of rotatable bonds is 5. The zero-order chi connectivity index (χ0) is 76.1. The monoisotopic (exact) mass is 1480 g/mol. The number of hydrogen-bond donors (Lipinski definition) is 6. The van der Waals surface area contributed by atoms with Gasteiger partial charge in [0, 0.05) is 51.4 Å². The molecule has 9 N–H and O–H groups in total. The van der Waals surface area contributed by atoms with Crippen LogP contribution in [0.3, 0.4) is 0 Å². The summed E-state index contributed by atoms with van der Waals surface area (Å²) >= 11 is 9.09. The molecule has 1 aliphatic rings. The minimum Gasteiger partial charge on any atom is -0.384 e. The third kappa shape index (κ3) is 21.4. The van der Waals surface area contributed by atoms with Crippen molar-refractivity contribution in [2.45, 2.75) is 202 Å². The Morgan fingerprint density at radius 2 is 0.748 bits per heavy atom. The average molecular weight is 1480 g/mol. The number of nitrogens with one attached hydrogen (secondary N) is 3. The van der Waals surface area contributed by atoms with E-state index in [0.29, 0.717) is 60.9 Å². The van der Waals surface area contributed by atoms with Gasteiger partial charge in [0.25, 0.3) is 0 Å². The standard InChI is InChI=1S/C17H22N2.C16H22N2.C14H18N2.C13H14BrFN2.C13H14ClFN2.C13H15FN2/c1-17(2,3)13-9-7-12-8-10-16(19-15(12)11-13)18-14-5-4-6-14;1-11(2)17-15-9-7-12-6-8-13(16(3,4)5)10-14(12)18-15;1-14(2,3)11-7-5-10-6-8-13(15-4)16-12(10)9-11;2*1-13(2,3)7-4-10(15)8-6-9(14)12(16)17-11(8)5-7;1-13(2,3)8-6-10(14)9-4-5-12(15)16-11(9)7-8/h7-11,14H,4-6H2,1-3H3,(H,18,19);6-11H,1-5H3,(H,17,18);5-9H,1-4H3,(H,15,16);2*4-6H,1-3H3,(H2,16,17);4-7H,1-3H3,(H2,15,16). The summed E-state index contributed by atoms with van der Waals surface area (Å²) in [6.07, 6.45) is 3.91. The van der Waals surface area contributed by atoms with Gasteiger partial charge in [0.2, 0.25) is 0 Å². The van der Waals surface area contributed by atoms with Crippen LogP contribution in [0.5, 0.6) is 0 Å². The van der Waals surface area contributed by atoms with Crippen LogP contribution in [0.2, 0.25) is 5.02 Å². The van der Waals surface area contributed by atoms with Crippen molar-refractivity contribution in [2.75, 3.05) is 40.2 Å². The highest BCUT2D eigenvalue weighted by Crippen LogP contribution is 2.35. The largest absolute Gasteiger partial charge is 0.384 e. The first-order valence-electron chi connectivity index (χ1n) is 35.3. The molecule has 17 heteroatoms. The van der Waals surface area contributed by atoms with Gasteiger partial charge in [0.15, 0.2) is 0 Å². The average Bonchev–Trinajstić information content (AvgIpc) is 0.807. The SMILES string of the molecule is CC(C)(C)c1cc(F)c2cc(Br)c(N)nc2c1.CC(C)(C)c1cc(F)c2cc(Cl)c(N)nc2c1.CC(C)(C)c1cc(F)c2ccc(N)nc2c1.CC(C)(C)c1ccc2ccc(NC3CCC3)nc2c1.CC(C)Nc1ccc2ccc(C(C)(C)C)cc2n1.CNc1ccc2ccc(C(C)(C)C)cc2n1. The van der Waals surface area contributed by atoms with Crippen LogP contribution >= 0.6 is 27.5 Å². The molecule has 0 atom stereocenters. The Bertz CT molecular complexity index is 4890. The summed E-state index contributed by atoms with van der Waals surface area (Å²) in [7, 11) is 1.89. The van der Waals surface area contributed by atoms with E-state index < -0.39 is 0 Å². The van der Waals surface area contributed by atoms with Crippen molar-refractivity contribution in [3.05, 3.63) is 212 Å². The Hall–Kier alpha value is -8.86. The van der Waals surface area contributed by atoms with Crippen molar-refractivity contribution in [3.63, 3.8) is 0 Å². The van der Waals surface area contributed by atoms with Gasteiger partial charge in [-0.05, 0) is 230 Å². The van der Waals surface area contributed by atoms with E-state index >= 15 is 0 Å². The molecule has 12 nitrogen and oxygen atoms in total. The number of nitrogens with zero attached hydrogens (tertiary/aromatic N) is 6. The van der Waals surface area contributed by atoms with Crippen molar-refractivity contribution in [3.8, 4) is 0 Å². The molecule has 1 saturated carbocycles. The van der Waals surface area contributed by atoms with E-state index in [1.54, 1.807) is 30.3 Å². The van der Waals surface area contributed by atoms with Crippen LogP contribution in [-0.2, 0) is 32.5 Å². The molecule has 0 saturated heterocycles. The minimum absolute atomic E-state index is 0.0959. The molecule has 0 aliphatic heterocycles. The molecule has 544 valence electrons. The molecule has 1 aliphatic carbocycles. The highest BCUT2D eigenvalue weighted by Gasteiger charge is 2.23. The maximum Gasteiger partial charge on any atom is 0.142 e. The third-order valence-corrected chi connectivity index (χ3v) is 18.9. The van der Waals surface area contributed by atoms with Gasteiger partial charge in [-0.25, -0.2) is 43.1 Å². The van der Waals surface area contributed by atoms with E-state index in [1.807, 2.05) is 99.7 Å². The molecule has 6 heterocycles. The lowest BCUT2D eigenvalue weighted by atomic mass is 9.86. The predicted octanol–water partition coefficient (Wildman–Crippen LogP) is 23.6. The summed E-state index contributed by atoms with van der Waals surface area (Å²) in [6, 6.07) is 50.0. The Kier molecular flexibility index (Phi) is 24.8. The molecule has 0 amide bonds. The van der Waals surface area contributed by atoms with Crippen LogP contribution in [-0.4, -0.2) is 49.0 Å². The number of aromatic nitrogens is 6. The van der Waals surface area contributed by atoms with Gasteiger partial charge < -0.3 is 33.2 Å². The number of hydrogen-bond acceptors (Lipinski definition) is 12. The lowest BCUT2D eigenvalue weighted by Gasteiger charge is -2.27. The summed E-state index contributed by atoms with van der Waals surface area (Å²) < 4.78 is 42.4. The number of anilines is 6. The molecule has 6 aromatic heterocycles. The quantitative estimate of drug-likeness (QED) is 0.0957. The fourth-order valence-electron chi connectivity index (χ4n) is 11.1. The number of benzene rings is 6. The summed E-state index contributed by atoms with van der Waals surface area (Å²) in [5, 5.41) is 15.2. The van der Waals surface area contributed by atoms with Gasteiger partial charge in [-0.3, -0.25) is 0 Å². The molecule has 1 fully saturated rings. The van der Waals surface area contributed by atoms with E-state index in [9.17, 15) is 13.2 Å². The minimum atomic E-state index is -0.318. The zero-order valence-electron chi connectivity index (χ0n) is 64.0. The molecule has 0 bridgehead atoms. The molecule has 0 radical (unpaired) electrons. The Balaban J connectivity index is 0.000000157. The van der Waals surface area contributed by atoms with E-state index in [0.717, 1.165) is 50.7 Å². The van der Waals surface area contributed by atoms with Gasteiger partial charge >= 0.3 is 0 Å². The van der Waals surface area contributed by atoms with E-state index in [2.05, 4.69) is 212 Å². The molecule has 6 aromatic carbocycles. The van der Waals surface area contributed by atoms with Crippen LogP contribution in [0.1, 0.15) is 191 Å². The van der Waals surface area contributed by atoms with Crippen molar-refractivity contribution >= 4 is 128 Å². The molecular weight excluding hydrogens is 1370 g/mol. The number of nitrogen functional groups attached to an aromatic ring is 3. The smallest absolute Gasteiger partial charge is 0.142 e. The van der Waals surface area contributed by atoms with E-state index in [-0.39, 0.29) is 60.8 Å². The molecule has 0 unspecified atom stereocenters. The Labute approximate surface area is 621 Å². The van der Waals surface area contributed by atoms with Crippen LogP contribution in [0.25, 0.3) is 65.4 Å². The van der Waals surface area contributed by atoms with Crippen LogP contribution < -0.4 is 33.2 Å². The predicted molar refractivity (Wildman–Crippen MR) is 438 cm³/mol. The van der Waals surface area contributed by atoms with Gasteiger partial charge in [0.1, 0.15) is 52.4 Å². The Morgan fingerprint density at radius 1 is 0.398 bits per heavy atom. The van der Waals surface area contributed by atoms with Gasteiger partial charge in [0.05, 0.1) is 42.6 Å². The van der Waals surface area contributed by atoms with Gasteiger partial charge in [-0.1, -0.05) is 173 Å². The van der Waals surface area contributed by atoms with Crippen molar-refractivity contribution in [1.82, 2.24) is 29.9 Å². The molecule has 12 aromatic rings. The second kappa shape index (κ2) is 32.0. The number of halogens is 5. The first kappa shape index (κ1) is 79.8. The fourth-order valence-corrected chi connectivity index (χ4v) is 11.5. The summed E-state index contributed by atoms with van der Waals surface area (Å²) in [5.41, 5.74) is 28.8. The summed E-state index contributed by atoms with van der Waals surface area (Å²) in [4.78, 5) is 26.5. The fraction of sp³-hybridized carbons (Fsp3) is 0.372. The first-order chi connectivity index (χ1) is 47.8. The summed E-state index contributed by atoms with van der Waals surface area (Å²) in [5.74, 6) is 3.08. The zero-order valence-corrected chi connectivity index (χ0v) is 66.4. The lowest BCUT2D eigenvalue weighted by Crippen LogP contribution is -2.27. The number of nitrogens with two attached hydrogens (primary N) is 3. The lowest BCUT2D eigenvalue weighted by molar-refractivity contribution is 0.444. The maximum absolute atomic E-state index is 14.0. The molecule has 0 spiro atoms. The molecule has 13 rings (SSSR count). The van der Waals surface area contributed by atoms with E-state index in [4.69, 9.17) is 33.8 Å². The van der Waals surface area contributed by atoms with Crippen LogP contribution in [0.15, 0.2) is 156 Å². The summed E-state index contributed by atoms with van der Waals surface area (Å²) in [6.45, 7) is 42.6. The number of pyridine rings is 6. The van der Waals surface area contributed by atoms with Crippen LogP contribution in [0.4, 0.5) is 48.1 Å². The van der Waals surface area contributed by atoms with Gasteiger partial charge in [-0.15, -0.1) is 0 Å². The molecule has 103 heavy (non-hydrogen) atoms. The normalized spacial score (nSPS) is 12.8. The second-order valence-electron chi connectivity index (χ2n) is 33.2. The van der Waals surface area contributed by atoms with Gasteiger partial charge in [-0.2, -0.15) is 0 Å². The Morgan fingerprint density at radius 3 is 1.15 bits per heavy atom. The third-order valence-electron chi connectivity index (χ3n) is 17.9. The van der Waals surface area contributed by atoms with Crippen molar-refractivity contribution < 1.29 is 13.2 Å². The highest BCUT2D eigenvalue weighted by atomic mass is 79.9. The first-order valence-corrected chi connectivity index (χ1v) is 36.4. The van der Waals surface area contributed by atoms with Crippen molar-refractivity contribution in [2.24, 2.45) is 0 Å². The van der Waals surface area contributed by atoms with Crippen LogP contribution in [0, 0.1) is 17.5 Å². The molecular formula is C86H105BrClF3N12. The van der Waals surface area contributed by atoms with E-state index in [1.165, 1.54) is 64.2 Å². The number of fused-ring (bicyclic) bond motifs is 6.